The van der Waals surface area contributed by atoms with Crippen molar-refractivity contribution in [3.63, 3.8) is 0 Å². The molecule has 0 spiro atoms. The first-order valence-electron chi connectivity index (χ1n) is 12.4. The van der Waals surface area contributed by atoms with E-state index < -0.39 is 59.4 Å². The Hall–Kier alpha value is -4.57. The highest BCUT2D eigenvalue weighted by molar-refractivity contribution is 6.05. The van der Waals surface area contributed by atoms with Crippen LogP contribution in [0.15, 0.2) is 76.4 Å². The summed E-state index contributed by atoms with van der Waals surface area (Å²) in [5.74, 6) is 5.11. The zero-order chi connectivity index (χ0) is 30.4. The lowest BCUT2D eigenvalue weighted by molar-refractivity contribution is -0.750. The second-order valence-corrected chi connectivity index (χ2v) is 9.77. The fourth-order valence-corrected chi connectivity index (χ4v) is 5.08. The predicted octanol–water partition coefficient (Wildman–Crippen LogP) is 3.56. The van der Waals surface area contributed by atoms with Crippen LogP contribution in [0.4, 0.5) is 37.0 Å². The van der Waals surface area contributed by atoms with Gasteiger partial charge in [-0.3, -0.25) is 9.79 Å². The first-order chi connectivity index (χ1) is 19.7. The number of carbonyl (C=O) groups is 2. The summed E-state index contributed by atoms with van der Waals surface area (Å²) in [6.07, 6.45) is -6.64. The number of anilines is 1. The molecule has 3 N–H and O–H groups in total. The van der Waals surface area contributed by atoms with Gasteiger partial charge in [0.1, 0.15) is 29.8 Å². The van der Waals surface area contributed by atoms with Crippen molar-refractivity contribution < 1.29 is 45.6 Å². The molecule has 42 heavy (non-hydrogen) atoms. The molecule has 1 fully saturated rings. The Morgan fingerprint density at radius 2 is 1.79 bits per heavy atom. The smallest absolute Gasteiger partial charge is 0.416 e. The molecule has 0 radical (unpaired) electrons. The molecule has 16 heteroatoms. The van der Waals surface area contributed by atoms with Gasteiger partial charge in [0.25, 0.3) is 11.7 Å². The number of aromatic nitrogens is 1. The number of allylic oxidation sites excluding steroid dienone is 1. The number of rotatable bonds is 4. The molecule has 1 aromatic carbocycles. The van der Waals surface area contributed by atoms with Crippen LogP contribution in [-0.2, 0) is 6.18 Å². The molecule has 1 unspecified atom stereocenters. The van der Waals surface area contributed by atoms with Crippen molar-refractivity contribution in [2.45, 2.75) is 31.2 Å². The van der Waals surface area contributed by atoms with E-state index in [2.05, 4.69) is 20.3 Å². The van der Waals surface area contributed by atoms with Crippen molar-refractivity contribution in [1.29, 1.82) is 0 Å². The number of amidine groups is 1. The maximum absolute atomic E-state index is 13.4. The summed E-state index contributed by atoms with van der Waals surface area (Å²) >= 11 is 0. The number of nitrogens with two attached hydrogens (primary N) is 1. The van der Waals surface area contributed by atoms with Crippen LogP contribution in [0, 0.1) is 5.92 Å². The highest BCUT2D eigenvalue weighted by Crippen LogP contribution is 2.41. The molecule has 1 aromatic heterocycles. The maximum atomic E-state index is 13.4. The monoisotopic (exact) mass is 593 g/mol. The van der Waals surface area contributed by atoms with Gasteiger partial charge in [-0.25, -0.2) is 4.98 Å². The van der Waals surface area contributed by atoms with Crippen molar-refractivity contribution in [2.24, 2.45) is 21.7 Å². The van der Waals surface area contributed by atoms with Gasteiger partial charge in [0.15, 0.2) is 0 Å². The normalized spacial score (nSPS) is 24.0. The number of piperidine rings is 1. The van der Waals surface area contributed by atoms with Crippen molar-refractivity contribution in [2.75, 3.05) is 11.9 Å². The summed E-state index contributed by atoms with van der Waals surface area (Å²) in [7, 11) is 0. The molecular weight excluding hydrogens is 572 g/mol. The van der Waals surface area contributed by atoms with Crippen LogP contribution in [-0.4, -0.2) is 57.3 Å². The Bertz CT molecular complexity index is 1550. The van der Waals surface area contributed by atoms with E-state index in [0.29, 0.717) is 17.3 Å². The molecule has 3 atom stereocenters. The fourth-order valence-electron chi connectivity index (χ4n) is 5.08. The number of aliphatic imine (C=N–C) groups is 2. The van der Waals surface area contributed by atoms with E-state index in [4.69, 9.17) is 5.84 Å². The maximum Gasteiger partial charge on any atom is 0.416 e. The SMILES string of the molecule is N[N+]12C=CN=CC1=C([C@H]1CC[C@H](C(F)(F)F)N(C(=O)[O-])C1)N=C2c1ccc(C(=O)Nc2cc(C(F)(F)F)ccn2)cc1. The summed E-state index contributed by atoms with van der Waals surface area (Å²) in [6.45, 7) is -0.512. The van der Waals surface area contributed by atoms with Crippen molar-refractivity contribution >= 4 is 29.9 Å². The van der Waals surface area contributed by atoms with Crippen molar-refractivity contribution in [3.8, 4) is 0 Å². The third-order valence-electron chi connectivity index (χ3n) is 7.14. The Morgan fingerprint density at radius 1 is 1.07 bits per heavy atom. The third-order valence-corrected chi connectivity index (χ3v) is 7.14. The van der Waals surface area contributed by atoms with Gasteiger partial charge in [-0.1, -0.05) is 0 Å². The fraction of sp³-hybridized carbons (Fsp3) is 0.269. The number of hydrogen-bond acceptors (Lipinski definition) is 7. The summed E-state index contributed by atoms with van der Waals surface area (Å²) in [5, 5.41) is 13.9. The Kier molecular flexibility index (Phi) is 7.14. The number of hydrogen-bond donors (Lipinski definition) is 2. The van der Waals surface area contributed by atoms with Crippen LogP contribution in [0.5, 0.6) is 0 Å². The minimum Gasteiger partial charge on any atom is -0.530 e. The first-order valence-corrected chi connectivity index (χ1v) is 12.4. The van der Waals surface area contributed by atoms with Gasteiger partial charge >= 0.3 is 12.4 Å². The third kappa shape index (κ3) is 5.37. The number of alkyl halides is 6. The molecule has 2 amide bonds. The lowest BCUT2D eigenvalue weighted by Crippen LogP contribution is -2.57. The van der Waals surface area contributed by atoms with E-state index >= 15 is 0 Å². The van der Waals surface area contributed by atoms with E-state index in [0.717, 1.165) is 12.3 Å². The average molecular weight is 593 g/mol. The lowest BCUT2D eigenvalue weighted by Gasteiger charge is -2.41. The number of halogens is 6. The highest BCUT2D eigenvalue weighted by Gasteiger charge is 2.50. The van der Waals surface area contributed by atoms with Crippen LogP contribution in [0.25, 0.3) is 0 Å². The minimum atomic E-state index is -4.76. The molecule has 3 aliphatic heterocycles. The summed E-state index contributed by atoms with van der Waals surface area (Å²) in [5.41, 5.74) is 0.119. The highest BCUT2D eigenvalue weighted by atomic mass is 19.4. The van der Waals surface area contributed by atoms with Crippen LogP contribution in [0.3, 0.4) is 0 Å². The van der Waals surface area contributed by atoms with E-state index in [1.807, 2.05) is 0 Å². The van der Waals surface area contributed by atoms with E-state index in [1.165, 1.54) is 42.9 Å². The van der Waals surface area contributed by atoms with E-state index in [-0.39, 0.29) is 34.2 Å². The number of benzene rings is 1. The number of amides is 2. The zero-order valence-electron chi connectivity index (χ0n) is 21.4. The number of nitrogens with zero attached hydrogens (tertiary/aromatic N) is 5. The quantitative estimate of drug-likeness (QED) is 0.318. The molecule has 10 nitrogen and oxygen atoms in total. The van der Waals surface area contributed by atoms with Crippen LogP contribution < -0.4 is 16.3 Å². The van der Waals surface area contributed by atoms with Crippen LogP contribution in [0.1, 0.15) is 34.3 Å². The number of carboxylic acid groups (broad SMARTS) is 1. The average Bonchev–Trinajstić information content (AvgIpc) is 3.25. The predicted molar refractivity (Wildman–Crippen MR) is 134 cm³/mol. The van der Waals surface area contributed by atoms with Crippen molar-refractivity contribution in [1.82, 2.24) is 9.88 Å². The molecule has 0 aliphatic carbocycles. The van der Waals surface area contributed by atoms with E-state index in [1.54, 1.807) is 0 Å². The molecule has 1 saturated heterocycles. The Balaban J connectivity index is 1.40. The molecule has 3 aliphatic rings. The number of fused-ring (bicyclic) bond motifs is 1. The zero-order valence-corrected chi connectivity index (χ0v) is 21.4. The standard InChI is InChI=1S/C26H21F6N7O3/c27-25(28,29)17-7-8-35-20(11-17)36-23(40)15-3-1-14(2-4-15)22-37-21(18-12-34-9-10-39(18,22)33)16-5-6-19(26(30,31)32)38(13-16)24(41)42/h1-4,7-12,16,19H,5-6,13,33H2,(H-,35,36,40,41,42)/t16-,19+,39?/m0/s1. The molecule has 5 rings (SSSR count). The second kappa shape index (κ2) is 10.4. The second-order valence-electron chi connectivity index (χ2n) is 9.77. The van der Waals surface area contributed by atoms with Gasteiger partial charge in [-0.05, 0) is 49.2 Å². The van der Waals surface area contributed by atoms with Gasteiger partial charge in [-0.2, -0.15) is 37.2 Å². The molecule has 0 bridgehead atoms. The number of likely N-dealkylation sites (tertiary alicyclic amines) is 1. The number of quaternary nitrogens is 1. The van der Waals surface area contributed by atoms with Gasteiger partial charge in [0.05, 0.1) is 23.5 Å². The number of pyridine rings is 1. The van der Waals surface area contributed by atoms with Crippen LogP contribution in [0.2, 0.25) is 0 Å². The molecular formula is C26H21F6N7O3. The van der Waals surface area contributed by atoms with E-state index in [9.17, 15) is 41.0 Å². The number of carbonyl (C=O) groups excluding carboxylic acids is 2. The number of nitrogens with one attached hydrogen (secondary N) is 1. The first kappa shape index (κ1) is 28.9. The molecule has 220 valence electrons. The largest absolute Gasteiger partial charge is 0.530 e. The topological polar surface area (TPSA) is 136 Å². The summed E-state index contributed by atoms with van der Waals surface area (Å²) < 4.78 is 78.8. The van der Waals surface area contributed by atoms with Gasteiger partial charge in [-0.15, -0.1) is 4.59 Å². The van der Waals surface area contributed by atoms with Crippen molar-refractivity contribution in [3.05, 3.63) is 83.1 Å². The molecule has 2 aromatic rings. The summed E-state index contributed by atoms with van der Waals surface area (Å²) in [4.78, 5) is 36.9. The Labute approximate surface area is 233 Å². The molecule has 0 saturated carbocycles. The minimum absolute atomic E-state index is 0.0240. The lowest BCUT2D eigenvalue weighted by atomic mass is 9.89. The van der Waals surface area contributed by atoms with Crippen LogP contribution >= 0.6 is 0 Å². The summed E-state index contributed by atoms with van der Waals surface area (Å²) in [6, 6.07) is 5.04. The van der Waals surface area contributed by atoms with Gasteiger partial charge in [0, 0.05) is 24.2 Å². The van der Waals surface area contributed by atoms with Gasteiger partial charge < -0.3 is 20.1 Å². The van der Waals surface area contributed by atoms with Gasteiger partial charge in [0.2, 0.25) is 5.70 Å². The Morgan fingerprint density at radius 3 is 2.43 bits per heavy atom. The molecule has 4 heterocycles.